The zero-order valence-electron chi connectivity index (χ0n) is 16.9. The van der Waals surface area contributed by atoms with Gasteiger partial charge in [0.15, 0.2) is 16.4 Å². The molecule has 4 aliphatic rings. The molecule has 1 amide bonds. The summed E-state index contributed by atoms with van der Waals surface area (Å²) in [5.41, 5.74) is 0.194. The van der Waals surface area contributed by atoms with Gasteiger partial charge in [-0.15, -0.1) is 0 Å². The molecule has 0 heterocycles. The molecular formula is C22H29NO5S. The van der Waals surface area contributed by atoms with E-state index in [4.69, 9.17) is 4.74 Å². The van der Waals surface area contributed by atoms with Crippen LogP contribution in [0, 0.1) is 23.2 Å². The van der Waals surface area contributed by atoms with Gasteiger partial charge in [0, 0.05) is 6.54 Å². The minimum atomic E-state index is -3.55. The fourth-order valence-electron chi connectivity index (χ4n) is 6.11. The molecule has 4 aliphatic carbocycles. The minimum Gasteiger partial charge on any atom is -0.452 e. The quantitative estimate of drug-likeness (QED) is 0.687. The molecule has 4 saturated carbocycles. The molecule has 5 rings (SSSR count). The Morgan fingerprint density at radius 3 is 2.24 bits per heavy atom. The highest BCUT2D eigenvalue weighted by molar-refractivity contribution is 7.91. The number of carbonyl (C=O) groups is 2. The van der Waals surface area contributed by atoms with Crippen LogP contribution in [0.3, 0.4) is 0 Å². The maximum Gasteiger partial charge on any atom is 0.339 e. The fourth-order valence-corrected chi connectivity index (χ4v) is 7.20. The maximum atomic E-state index is 12.4. The molecule has 0 aliphatic heterocycles. The first-order valence-electron chi connectivity index (χ1n) is 10.6. The summed E-state index contributed by atoms with van der Waals surface area (Å²) < 4.78 is 29.5. The number of nitrogens with one attached hydrogen (secondary N) is 1. The fraction of sp³-hybridized carbons (Fsp3) is 0.636. The molecule has 0 saturated heterocycles. The highest BCUT2D eigenvalue weighted by Gasteiger charge is 2.50. The summed E-state index contributed by atoms with van der Waals surface area (Å²) in [5.74, 6) is 1.21. The summed E-state index contributed by atoms with van der Waals surface area (Å²) in [6.45, 7) is 1.77. The van der Waals surface area contributed by atoms with E-state index < -0.39 is 22.4 Å². The van der Waals surface area contributed by atoms with E-state index in [1.54, 1.807) is 12.1 Å². The molecule has 0 spiro atoms. The lowest BCUT2D eigenvalue weighted by Gasteiger charge is -2.56. The van der Waals surface area contributed by atoms with Gasteiger partial charge in [0.2, 0.25) is 0 Å². The van der Waals surface area contributed by atoms with Gasteiger partial charge in [-0.1, -0.05) is 19.1 Å². The Morgan fingerprint density at radius 1 is 1.07 bits per heavy atom. The number of hydrogen-bond acceptors (Lipinski definition) is 5. The van der Waals surface area contributed by atoms with Gasteiger partial charge in [0.05, 0.1) is 16.2 Å². The van der Waals surface area contributed by atoms with Crippen molar-refractivity contribution >= 4 is 21.7 Å². The summed E-state index contributed by atoms with van der Waals surface area (Å²) >= 11 is 0. The first-order chi connectivity index (χ1) is 13.8. The monoisotopic (exact) mass is 419 g/mol. The van der Waals surface area contributed by atoms with E-state index in [0.717, 1.165) is 17.8 Å². The third kappa shape index (κ3) is 4.20. The van der Waals surface area contributed by atoms with Crippen LogP contribution in [-0.4, -0.2) is 39.2 Å². The van der Waals surface area contributed by atoms with Crippen LogP contribution in [0.25, 0.3) is 0 Å². The Kier molecular flexibility index (Phi) is 5.44. The lowest BCUT2D eigenvalue weighted by Crippen LogP contribution is -2.51. The molecule has 0 atom stereocenters. The van der Waals surface area contributed by atoms with Crippen molar-refractivity contribution in [2.45, 2.75) is 50.3 Å². The van der Waals surface area contributed by atoms with E-state index in [2.05, 4.69) is 5.32 Å². The number of carbonyl (C=O) groups excluding carboxylic acids is 2. The zero-order chi connectivity index (χ0) is 20.6. The molecular weight excluding hydrogens is 390 g/mol. The van der Waals surface area contributed by atoms with Gasteiger partial charge >= 0.3 is 5.97 Å². The van der Waals surface area contributed by atoms with Gasteiger partial charge in [-0.05, 0) is 73.8 Å². The second-order valence-electron chi connectivity index (χ2n) is 9.17. The summed E-state index contributed by atoms with van der Waals surface area (Å²) in [6, 6.07) is 5.96. The molecule has 7 heteroatoms. The van der Waals surface area contributed by atoms with Gasteiger partial charge in [-0.25, -0.2) is 13.2 Å². The Hall–Kier alpha value is -1.89. The summed E-state index contributed by atoms with van der Waals surface area (Å²) in [4.78, 5) is 24.6. The molecule has 0 radical (unpaired) electrons. The molecule has 1 aromatic rings. The zero-order valence-corrected chi connectivity index (χ0v) is 17.7. The van der Waals surface area contributed by atoms with E-state index in [1.807, 2.05) is 0 Å². The van der Waals surface area contributed by atoms with Gasteiger partial charge in [-0.3, -0.25) is 4.79 Å². The second-order valence-corrected chi connectivity index (χ2v) is 11.4. The minimum absolute atomic E-state index is 0.0248. The number of rotatable bonds is 7. The third-order valence-electron chi connectivity index (χ3n) is 6.98. The number of sulfone groups is 1. The Bertz CT molecular complexity index is 872. The van der Waals surface area contributed by atoms with Crippen molar-refractivity contribution in [2.75, 3.05) is 18.9 Å². The summed E-state index contributed by atoms with van der Waals surface area (Å²) in [7, 11) is -3.55. The van der Waals surface area contributed by atoms with Gasteiger partial charge in [0.1, 0.15) is 0 Å². The van der Waals surface area contributed by atoms with Crippen LogP contribution in [-0.2, 0) is 19.4 Å². The summed E-state index contributed by atoms with van der Waals surface area (Å²) in [6.07, 6.45) is 7.64. The Morgan fingerprint density at radius 2 is 1.66 bits per heavy atom. The van der Waals surface area contributed by atoms with Gasteiger partial charge in [0.25, 0.3) is 5.91 Å². The van der Waals surface area contributed by atoms with Gasteiger partial charge < -0.3 is 10.1 Å². The third-order valence-corrected chi connectivity index (χ3v) is 8.77. The van der Waals surface area contributed by atoms with Crippen molar-refractivity contribution in [3.8, 4) is 0 Å². The Labute approximate surface area is 172 Å². The number of esters is 1. The molecule has 6 nitrogen and oxygen atoms in total. The van der Waals surface area contributed by atoms with Crippen molar-refractivity contribution in [2.24, 2.45) is 23.2 Å². The van der Waals surface area contributed by atoms with Crippen LogP contribution in [0.5, 0.6) is 0 Å². The summed E-state index contributed by atoms with van der Waals surface area (Å²) in [5, 5.41) is 2.97. The maximum absolute atomic E-state index is 12.4. The van der Waals surface area contributed by atoms with Crippen molar-refractivity contribution in [3.05, 3.63) is 29.8 Å². The molecule has 4 fully saturated rings. The van der Waals surface area contributed by atoms with Crippen molar-refractivity contribution < 1.29 is 22.7 Å². The molecule has 158 valence electrons. The van der Waals surface area contributed by atoms with Gasteiger partial charge in [-0.2, -0.15) is 0 Å². The van der Waals surface area contributed by atoms with Crippen LogP contribution in [0.4, 0.5) is 0 Å². The first-order valence-corrected chi connectivity index (χ1v) is 12.2. The topological polar surface area (TPSA) is 89.5 Å². The van der Waals surface area contributed by atoms with Crippen molar-refractivity contribution in [1.29, 1.82) is 0 Å². The van der Waals surface area contributed by atoms with Crippen LogP contribution < -0.4 is 5.32 Å². The van der Waals surface area contributed by atoms with Crippen LogP contribution in [0.1, 0.15) is 55.8 Å². The molecule has 0 aromatic heterocycles. The molecule has 0 unspecified atom stereocenters. The lowest BCUT2D eigenvalue weighted by atomic mass is 9.49. The Balaban J connectivity index is 1.32. The van der Waals surface area contributed by atoms with Crippen molar-refractivity contribution in [1.82, 2.24) is 5.32 Å². The lowest BCUT2D eigenvalue weighted by molar-refractivity contribution is -0.126. The standard InChI is InChI=1S/C22H29NO5S/c1-2-29(26,27)19-6-4-3-5-18(19)21(25)28-13-20(24)23-14-22-10-15-7-16(11-22)9-17(8-15)12-22/h3-6,15-17H,2,7-14H2,1H3,(H,23,24). The molecule has 1 N–H and O–H groups in total. The second kappa shape index (κ2) is 7.74. The largest absolute Gasteiger partial charge is 0.452 e. The van der Waals surface area contributed by atoms with E-state index in [9.17, 15) is 18.0 Å². The number of benzene rings is 1. The van der Waals surface area contributed by atoms with Crippen LogP contribution in [0.15, 0.2) is 29.2 Å². The molecule has 4 bridgehead atoms. The normalized spacial score (nSPS) is 30.2. The van der Waals surface area contributed by atoms with E-state index >= 15 is 0 Å². The van der Waals surface area contributed by atoms with Crippen LogP contribution >= 0.6 is 0 Å². The average Bonchev–Trinajstić information content (AvgIpc) is 2.69. The van der Waals surface area contributed by atoms with E-state index in [-0.39, 0.29) is 27.5 Å². The SMILES string of the molecule is CCS(=O)(=O)c1ccccc1C(=O)OCC(=O)NCC12CC3CC(CC(C3)C1)C2. The van der Waals surface area contributed by atoms with E-state index in [0.29, 0.717) is 6.54 Å². The van der Waals surface area contributed by atoms with E-state index in [1.165, 1.54) is 57.6 Å². The first kappa shape index (κ1) is 20.4. The highest BCUT2D eigenvalue weighted by Crippen LogP contribution is 2.59. The van der Waals surface area contributed by atoms with Crippen LogP contribution in [0.2, 0.25) is 0 Å². The molecule has 1 aromatic carbocycles. The predicted octanol–water partition coefficient (Wildman–Crippen LogP) is 2.97. The smallest absolute Gasteiger partial charge is 0.339 e. The number of amides is 1. The number of hydrogen-bond donors (Lipinski definition) is 1. The number of ether oxygens (including phenoxy) is 1. The average molecular weight is 420 g/mol. The predicted molar refractivity (Wildman–Crippen MR) is 108 cm³/mol. The van der Waals surface area contributed by atoms with Crippen molar-refractivity contribution in [3.63, 3.8) is 0 Å². The highest BCUT2D eigenvalue weighted by atomic mass is 32.2. The molecule has 29 heavy (non-hydrogen) atoms.